The van der Waals surface area contributed by atoms with Crippen LogP contribution >= 0.6 is 12.2 Å². The maximum atomic E-state index is 14.1. The highest BCUT2D eigenvalue weighted by Crippen LogP contribution is 2.35. The maximum Gasteiger partial charge on any atom is 0.267 e. The summed E-state index contributed by atoms with van der Waals surface area (Å²) in [6.45, 7) is -0.138. The lowest BCUT2D eigenvalue weighted by molar-refractivity contribution is 0.0231. The molecule has 1 N–H and O–H groups in total. The lowest BCUT2D eigenvalue weighted by atomic mass is 9.83. The average Bonchev–Trinajstić information content (AvgIpc) is 2.89. The predicted octanol–water partition coefficient (Wildman–Crippen LogP) is 0.720. The van der Waals surface area contributed by atoms with Crippen LogP contribution in [0.5, 0.6) is 0 Å². The molecule has 21 heavy (non-hydrogen) atoms. The minimum atomic E-state index is -2.83. The highest BCUT2D eigenvalue weighted by atomic mass is 32.1. The van der Waals surface area contributed by atoms with Crippen molar-refractivity contribution in [3.05, 3.63) is 47.8 Å². The Morgan fingerprint density at radius 1 is 1.43 bits per heavy atom. The lowest BCUT2D eigenvalue weighted by Gasteiger charge is -2.39. The van der Waals surface area contributed by atoms with Gasteiger partial charge in [0.15, 0.2) is 5.82 Å². The van der Waals surface area contributed by atoms with Gasteiger partial charge in [0.25, 0.3) is 6.43 Å². The number of nitrogens with one attached hydrogen (secondary N) is 1. The summed E-state index contributed by atoms with van der Waals surface area (Å²) < 4.78 is 43.3. The number of halogens is 3. The summed E-state index contributed by atoms with van der Waals surface area (Å²) in [6.07, 6.45) is 0.215. The van der Waals surface area contributed by atoms with Crippen molar-refractivity contribution in [3.63, 3.8) is 0 Å². The number of rotatable bonds is 2. The van der Waals surface area contributed by atoms with Crippen molar-refractivity contribution in [1.29, 1.82) is 0 Å². The standard InChI is InChI=1S/C13H11BF3N3S/c14-7-1-2-9(15)8(5-7)13(12(16)17)6-20-4-3-18-10(20)11(21)19-13/h1-5,12H,6,14H2,(H,19,21). The van der Waals surface area contributed by atoms with Crippen molar-refractivity contribution in [1.82, 2.24) is 14.9 Å². The number of thiocarbonyl (C=S) groups is 1. The molecule has 8 heteroatoms. The number of fused-ring (bicyclic) bond motifs is 1. The SMILES string of the molecule is Bc1ccc(F)c(C2(C(F)F)Cn3ccnc3C(=S)N2)c1. The summed E-state index contributed by atoms with van der Waals surface area (Å²) in [6, 6.07) is 4.17. The third kappa shape index (κ3) is 2.14. The van der Waals surface area contributed by atoms with Gasteiger partial charge < -0.3 is 9.88 Å². The van der Waals surface area contributed by atoms with Crippen LogP contribution in [0.2, 0.25) is 0 Å². The molecule has 0 spiro atoms. The van der Waals surface area contributed by atoms with E-state index in [1.165, 1.54) is 22.9 Å². The van der Waals surface area contributed by atoms with E-state index >= 15 is 0 Å². The minimum absolute atomic E-state index is 0.0841. The van der Waals surface area contributed by atoms with Gasteiger partial charge in [-0.15, -0.1) is 0 Å². The number of imidazole rings is 1. The largest absolute Gasteiger partial charge is 0.357 e. The summed E-state index contributed by atoms with van der Waals surface area (Å²) in [4.78, 5) is 4.11. The first-order valence-corrected chi connectivity index (χ1v) is 6.73. The monoisotopic (exact) mass is 309 g/mol. The summed E-state index contributed by atoms with van der Waals surface area (Å²) in [5.74, 6) is -0.269. The van der Waals surface area contributed by atoms with Crippen molar-refractivity contribution in [2.45, 2.75) is 18.5 Å². The van der Waals surface area contributed by atoms with Gasteiger partial charge in [0, 0.05) is 18.0 Å². The highest BCUT2D eigenvalue weighted by Gasteiger charge is 2.48. The Kier molecular flexibility index (Phi) is 3.28. The Hall–Kier alpha value is -1.83. The summed E-state index contributed by atoms with van der Waals surface area (Å²) >= 11 is 5.11. The van der Waals surface area contributed by atoms with E-state index in [9.17, 15) is 13.2 Å². The molecule has 1 atom stereocenters. The molecule has 3 rings (SSSR count). The maximum absolute atomic E-state index is 14.1. The highest BCUT2D eigenvalue weighted by molar-refractivity contribution is 7.80. The number of aromatic nitrogens is 2. The van der Waals surface area contributed by atoms with E-state index in [-0.39, 0.29) is 17.1 Å². The Balaban J connectivity index is 2.19. The topological polar surface area (TPSA) is 29.9 Å². The first-order chi connectivity index (χ1) is 9.94. The van der Waals surface area contributed by atoms with E-state index in [1.54, 1.807) is 20.1 Å². The van der Waals surface area contributed by atoms with Gasteiger partial charge in [-0.3, -0.25) is 0 Å². The number of hydrogen-bond donors (Lipinski definition) is 1. The van der Waals surface area contributed by atoms with Gasteiger partial charge >= 0.3 is 0 Å². The predicted molar refractivity (Wildman–Crippen MR) is 79.3 cm³/mol. The smallest absolute Gasteiger partial charge is 0.267 e. The quantitative estimate of drug-likeness (QED) is 0.655. The number of benzene rings is 1. The van der Waals surface area contributed by atoms with Crippen molar-refractivity contribution in [2.75, 3.05) is 0 Å². The van der Waals surface area contributed by atoms with E-state index in [4.69, 9.17) is 12.2 Å². The van der Waals surface area contributed by atoms with Gasteiger partial charge in [0.1, 0.15) is 24.2 Å². The van der Waals surface area contributed by atoms with E-state index in [0.29, 0.717) is 11.3 Å². The molecule has 0 saturated heterocycles. The molecule has 0 aliphatic carbocycles. The van der Waals surface area contributed by atoms with Crippen LogP contribution in [-0.4, -0.2) is 28.8 Å². The van der Waals surface area contributed by atoms with Gasteiger partial charge in [-0.1, -0.05) is 29.8 Å². The average molecular weight is 309 g/mol. The molecular formula is C13H11BF3N3S. The molecule has 0 fully saturated rings. The second kappa shape index (κ2) is 4.87. The van der Waals surface area contributed by atoms with Crippen molar-refractivity contribution < 1.29 is 13.2 Å². The zero-order chi connectivity index (χ0) is 15.2. The second-order valence-electron chi connectivity index (χ2n) is 5.09. The van der Waals surface area contributed by atoms with E-state index in [2.05, 4.69) is 10.3 Å². The first-order valence-electron chi connectivity index (χ1n) is 6.32. The van der Waals surface area contributed by atoms with Crippen LogP contribution in [0.25, 0.3) is 0 Å². The van der Waals surface area contributed by atoms with Crippen molar-refractivity contribution in [2.24, 2.45) is 0 Å². The van der Waals surface area contributed by atoms with E-state index in [1.807, 2.05) is 0 Å². The lowest BCUT2D eigenvalue weighted by Crippen LogP contribution is -2.58. The first kappa shape index (κ1) is 14.1. The normalized spacial score (nSPS) is 21.2. The molecule has 1 aromatic carbocycles. The molecule has 2 aromatic rings. The van der Waals surface area contributed by atoms with Crippen LogP contribution in [-0.2, 0) is 12.1 Å². The molecule has 1 unspecified atom stereocenters. The third-order valence-corrected chi connectivity index (χ3v) is 3.93. The minimum Gasteiger partial charge on any atom is -0.357 e. The van der Waals surface area contributed by atoms with Crippen LogP contribution in [0.15, 0.2) is 30.6 Å². The molecule has 3 nitrogen and oxygen atoms in total. The van der Waals surface area contributed by atoms with E-state index in [0.717, 1.165) is 0 Å². The number of hydrogen-bond acceptors (Lipinski definition) is 2. The molecule has 2 heterocycles. The van der Waals surface area contributed by atoms with Crippen LogP contribution in [0, 0.1) is 5.82 Å². The Morgan fingerprint density at radius 3 is 2.90 bits per heavy atom. The molecule has 0 radical (unpaired) electrons. The zero-order valence-electron chi connectivity index (χ0n) is 11.1. The molecule has 0 saturated carbocycles. The molecule has 0 amide bonds. The second-order valence-corrected chi connectivity index (χ2v) is 5.50. The summed E-state index contributed by atoms with van der Waals surface area (Å²) in [5.41, 5.74) is -1.27. The van der Waals surface area contributed by atoms with Gasteiger partial charge in [-0.25, -0.2) is 18.2 Å². The van der Waals surface area contributed by atoms with Crippen LogP contribution in [0.4, 0.5) is 13.2 Å². The molecule has 1 aliphatic heterocycles. The molecule has 1 aromatic heterocycles. The number of alkyl halides is 2. The Morgan fingerprint density at radius 2 is 2.19 bits per heavy atom. The fourth-order valence-corrected chi connectivity index (χ4v) is 2.94. The summed E-state index contributed by atoms with van der Waals surface area (Å²) in [5, 5.41) is 2.61. The van der Waals surface area contributed by atoms with Crippen molar-refractivity contribution in [3.8, 4) is 0 Å². The van der Waals surface area contributed by atoms with Gasteiger partial charge in [0.2, 0.25) is 0 Å². The van der Waals surface area contributed by atoms with Gasteiger partial charge in [-0.2, -0.15) is 0 Å². The van der Waals surface area contributed by atoms with Gasteiger partial charge in [0.05, 0.1) is 6.54 Å². The fraction of sp³-hybridized carbons (Fsp3) is 0.231. The van der Waals surface area contributed by atoms with Crippen LogP contribution < -0.4 is 10.8 Å². The van der Waals surface area contributed by atoms with Crippen LogP contribution in [0.1, 0.15) is 11.4 Å². The van der Waals surface area contributed by atoms with Crippen molar-refractivity contribution >= 4 is 30.5 Å². The summed E-state index contributed by atoms with van der Waals surface area (Å²) in [7, 11) is 1.73. The molecule has 0 bridgehead atoms. The molecule has 108 valence electrons. The van der Waals surface area contributed by atoms with Crippen LogP contribution in [0.3, 0.4) is 0 Å². The Bertz CT molecular complexity index is 718. The third-order valence-electron chi connectivity index (χ3n) is 3.65. The Labute approximate surface area is 125 Å². The van der Waals surface area contributed by atoms with E-state index < -0.39 is 17.8 Å². The number of nitrogens with zero attached hydrogens (tertiary/aromatic N) is 2. The molecular weight excluding hydrogens is 298 g/mol. The molecule has 1 aliphatic rings. The zero-order valence-corrected chi connectivity index (χ0v) is 11.9. The fourth-order valence-electron chi connectivity index (χ4n) is 2.59. The van der Waals surface area contributed by atoms with Gasteiger partial charge in [-0.05, 0) is 6.07 Å².